The molecule has 12 heteroatoms. The van der Waals surface area contributed by atoms with Crippen LogP contribution in [0, 0.1) is 5.92 Å². The summed E-state index contributed by atoms with van der Waals surface area (Å²) in [5, 5.41) is 13.8. The van der Waals surface area contributed by atoms with Gasteiger partial charge in [0.2, 0.25) is 0 Å². The molecule has 1 aromatic heterocycles. The molecule has 5 rings (SSSR count). The van der Waals surface area contributed by atoms with Crippen LogP contribution in [-0.2, 0) is 17.5 Å². The first kappa shape index (κ1) is 29.2. The van der Waals surface area contributed by atoms with E-state index in [2.05, 4.69) is 10.00 Å². The Labute approximate surface area is 239 Å². The zero-order valence-corrected chi connectivity index (χ0v) is 23.4. The van der Waals surface area contributed by atoms with E-state index < -0.39 is 11.7 Å². The van der Waals surface area contributed by atoms with Crippen molar-refractivity contribution < 1.29 is 32.6 Å². The molecule has 0 unspecified atom stereocenters. The van der Waals surface area contributed by atoms with E-state index in [-0.39, 0.29) is 35.6 Å². The number of imide groups is 1. The number of nitrogens with zero attached hydrogens (tertiary/aromatic N) is 4. The molecular formula is C29H31F3N4O4S. The van der Waals surface area contributed by atoms with E-state index in [4.69, 9.17) is 9.84 Å². The van der Waals surface area contributed by atoms with Gasteiger partial charge in [-0.2, -0.15) is 18.3 Å². The van der Waals surface area contributed by atoms with Gasteiger partial charge in [-0.15, -0.1) is 0 Å². The van der Waals surface area contributed by atoms with Gasteiger partial charge in [-0.1, -0.05) is 12.1 Å². The average molecular weight is 589 g/mol. The summed E-state index contributed by atoms with van der Waals surface area (Å²) in [7, 11) is 1.32. The SMILES string of the molecule is COc1ccc(Cn2ncc3cc(C=C4SC(=O)N(CCN5CCC(CCO)CC5)C4=O)ccc32)c(C(F)(F)F)c1. The lowest BCUT2D eigenvalue weighted by Crippen LogP contribution is -2.41. The number of amides is 2. The van der Waals surface area contributed by atoms with Gasteiger partial charge in [0.1, 0.15) is 5.75 Å². The van der Waals surface area contributed by atoms with Gasteiger partial charge >= 0.3 is 6.18 Å². The Balaban J connectivity index is 1.26. The highest BCUT2D eigenvalue weighted by Crippen LogP contribution is 2.36. The summed E-state index contributed by atoms with van der Waals surface area (Å²) in [6.07, 6.45) is 1.51. The normalized spacial score (nSPS) is 18.3. The number of rotatable bonds is 9. The molecule has 2 amide bonds. The number of carbonyl (C=O) groups excluding carboxylic acids is 2. The van der Waals surface area contributed by atoms with Crippen molar-refractivity contribution in [1.82, 2.24) is 19.6 Å². The molecule has 2 aliphatic heterocycles. The van der Waals surface area contributed by atoms with Gasteiger partial charge in [0.15, 0.2) is 0 Å². The van der Waals surface area contributed by atoms with Crippen LogP contribution in [0.5, 0.6) is 5.75 Å². The van der Waals surface area contributed by atoms with Crippen LogP contribution >= 0.6 is 11.8 Å². The van der Waals surface area contributed by atoms with Crippen LogP contribution in [0.2, 0.25) is 0 Å². The van der Waals surface area contributed by atoms with E-state index in [0.717, 1.165) is 50.2 Å². The standard InChI is InChI=1S/C29H31F3N4O4S/c1-40-23-4-3-21(24(16-23)29(30,31)32)18-36-25-5-2-20(14-22(25)17-33-36)15-26-27(38)35(28(39)41-26)12-11-34-9-6-19(7-10-34)8-13-37/h2-5,14-17,19,37H,6-13,18H2,1H3. The van der Waals surface area contributed by atoms with Crippen molar-refractivity contribution in [3.05, 3.63) is 64.2 Å². The van der Waals surface area contributed by atoms with E-state index in [1.165, 1.54) is 28.8 Å². The second-order valence-corrected chi connectivity index (χ2v) is 11.3. The van der Waals surface area contributed by atoms with E-state index in [1.54, 1.807) is 30.5 Å². The predicted molar refractivity (Wildman–Crippen MR) is 150 cm³/mol. The van der Waals surface area contributed by atoms with E-state index >= 15 is 0 Å². The molecule has 3 heterocycles. The van der Waals surface area contributed by atoms with Gasteiger partial charge in [0.05, 0.1) is 35.8 Å². The second-order valence-electron chi connectivity index (χ2n) is 10.3. The third kappa shape index (κ3) is 6.60. The van der Waals surface area contributed by atoms with E-state index in [0.29, 0.717) is 40.4 Å². The molecule has 0 spiro atoms. The van der Waals surface area contributed by atoms with Gasteiger partial charge in [-0.05, 0) is 91.5 Å². The van der Waals surface area contributed by atoms with Gasteiger partial charge in [-0.3, -0.25) is 19.2 Å². The maximum absolute atomic E-state index is 13.7. The van der Waals surface area contributed by atoms with Crippen LogP contribution < -0.4 is 4.74 Å². The van der Waals surface area contributed by atoms with Crippen molar-refractivity contribution in [2.24, 2.45) is 5.92 Å². The minimum Gasteiger partial charge on any atom is -0.497 e. The van der Waals surface area contributed by atoms with Crippen molar-refractivity contribution in [2.45, 2.75) is 32.0 Å². The van der Waals surface area contributed by atoms with Crippen LogP contribution in [0.1, 0.15) is 36.0 Å². The molecule has 2 fully saturated rings. The number of hydrogen-bond acceptors (Lipinski definition) is 7. The van der Waals surface area contributed by atoms with Crippen molar-refractivity contribution in [3.63, 3.8) is 0 Å². The highest BCUT2D eigenvalue weighted by atomic mass is 32.2. The number of aromatic nitrogens is 2. The molecular weight excluding hydrogens is 557 g/mol. The summed E-state index contributed by atoms with van der Waals surface area (Å²) in [5.74, 6) is 0.324. The zero-order valence-electron chi connectivity index (χ0n) is 22.6. The highest BCUT2D eigenvalue weighted by Gasteiger charge is 2.36. The summed E-state index contributed by atoms with van der Waals surface area (Å²) in [6, 6.07) is 9.15. The molecule has 1 N–H and O–H groups in total. The van der Waals surface area contributed by atoms with Crippen LogP contribution in [0.4, 0.5) is 18.0 Å². The Hall–Kier alpha value is -3.35. The molecule has 218 valence electrons. The number of carbonyl (C=O) groups is 2. The quantitative estimate of drug-likeness (QED) is 0.342. The van der Waals surface area contributed by atoms with Crippen molar-refractivity contribution in [2.75, 3.05) is 39.9 Å². The Morgan fingerprint density at radius 3 is 2.61 bits per heavy atom. The fourth-order valence-electron chi connectivity index (χ4n) is 5.33. The third-order valence-electron chi connectivity index (χ3n) is 7.66. The molecule has 0 radical (unpaired) electrons. The number of likely N-dealkylation sites (tertiary alicyclic amines) is 1. The molecule has 0 saturated carbocycles. The van der Waals surface area contributed by atoms with Crippen molar-refractivity contribution in [3.8, 4) is 5.75 Å². The lowest BCUT2D eigenvalue weighted by molar-refractivity contribution is -0.138. The number of ether oxygens (including phenoxy) is 1. The number of benzene rings is 2. The lowest BCUT2D eigenvalue weighted by atomic mass is 9.94. The molecule has 2 aliphatic rings. The Morgan fingerprint density at radius 1 is 1.12 bits per heavy atom. The first-order valence-electron chi connectivity index (χ1n) is 13.4. The van der Waals surface area contributed by atoms with Crippen LogP contribution in [0.15, 0.2) is 47.5 Å². The molecule has 2 aromatic carbocycles. The minimum atomic E-state index is -4.54. The number of fused-ring (bicyclic) bond motifs is 1. The maximum Gasteiger partial charge on any atom is 0.416 e. The molecule has 8 nitrogen and oxygen atoms in total. The number of aliphatic hydroxyl groups excluding tert-OH is 1. The molecule has 0 aliphatic carbocycles. The van der Waals surface area contributed by atoms with Crippen molar-refractivity contribution >= 4 is 39.9 Å². The zero-order chi connectivity index (χ0) is 29.1. The van der Waals surface area contributed by atoms with E-state index in [1.807, 2.05) is 0 Å². The summed E-state index contributed by atoms with van der Waals surface area (Å²) in [6.45, 7) is 2.84. The Morgan fingerprint density at radius 2 is 1.90 bits per heavy atom. The molecule has 0 atom stereocenters. The van der Waals surface area contributed by atoms with E-state index in [9.17, 15) is 22.8 Å². The fourth-order valence-corrected chi connectivity index (χ4v) is 6.20. The largest absolute Gasteiger partial charge is 0.497 e. The number of alkyl halides is 3. The van der Waals surface area contributed by atoms with Gasteiger partial charge in [0, 0.05) is 25.1 Å². The van der Waals surface area contributed by atoms with Crippen LogP contribution in [0.3, 0.4) is 0 Å². The molecule has 41 heavy (non-hydrogen) atoms. The minimum absolute atomic E-state index is 0.0654. The van der Waals surface area contributed by atoms with Gasteiger partial charge in [0.25, 0.3) is 11.1 Å². The number of thioether (sulfide) groups is 1. The van der Waals surface area contributed by atoms with Crippen LogP contribution in [0.25, 0.3) is 17.0 Å². The summed E-state index contributed by atoms with van der Waals surface area (Å²) < 4.78 is 47.5. The molecule has 3 aromatic rings. The highest BCUT2D eigenvalue weighted by molar-refractivity contribution is 8.18. The van der Waals surface area contributed by atoms with Gasteiger partial charge < -0.3 is 14.7 Å². The summed E-state index contributed by atoms with van der Waals surface area (Å²) >= 11 is 0.904. The summed E-state index contributed by atoms with van der Waals surface area (Å²) in [5.41, 5.74) is 0.616. The first-order chi connectivity index (χ1) is 19.7. The Kier molecular flexibility index (Phi) is 8.71. The number of methoxy groups -OCH3 is 1. The number of halogens is 3. The molecule has 0 bridgehead atoms. The van der Waals surface area contributed by atoms with Gasteiger partial charge in [-0.25, -0.2) is 0 Å². The maximum atomic E-state index is 13.7. The predicted octanol–water partition coefficient (Wildman–Crippen LogP) is 5.24. The van der Waals surface area contributed by atoms with Crippen LogP contribution in [-0.4, -0.2) is 75.7 Å². The number of aliphatic hydroxyl groups is 1. The second kappa shape index (κ2) is 12.3. The lowest BCUT2D eigenvalue weighted by Gasteiger charge is -2.32. The summed E-state index contributed by atoms with van der Waals surface area (Å²) in [4.78, 5) is 29.5. The first-order valence-corrected chi connectivity index (χ1v) is 14.3. The number of piperidine rings is 1. The Bertz CT molecular complexity index is 1460. The smallest absolute Gasteiger partial charge is 0.416 e. The monoisotopic (exact) mass is 588 g/mol. The fraction of sp³-hybridized carbons (Fsp3) is 0.414. The topological polar surface area (TPSA) is 87.9 Å². The van der Waals surface area contributed by atoms with Crippen molar-refractivity contribution in [1.29, 1.82) is 0 Å². The third-order valence-corrected chi connectivity index (χ3v) is 8.57. The average Bonchev–Trinajstić information content (AvgIpc) is 3.46. The molecule has 2 saturated heterocycles. The number of hydrogen-bond donors (Lipinski definition) is 1.